The summed E-state index contributed by atoms with van der Waals surface area (Å²) in [4.78, 5) is 2.86. The topological polar surface area (TPSA) is 0 Å². The van der Waals surface area contributed by atoms with Gasteiger partial charge in [-0.2, -0.15) is 0 Å². The van der Waals surface area contributed by atoms with Gasteiger partial charge < -0.3 is 0 Å². The normalized spacial score (nSPS) is 13.9. The monoisotopic (exact) mass is 686 g/mol. The molecule has 0 aliphatic carbocycles. The largest absolute Gasteiger partial charge is 0.242 e. The number of benzene rings is 6. The Morgan fingerprint density at radius 1 is 0.540 bits per heavy atom. The summed E-state index contributed by atoms with van der Waals surface area (Å²) in [6.45, 7) is 19.3. The zero-order chi connectivity index (χ0) is 35.3. The second-order valence-electron chi connectivity index (χ2n) is 16.3. The van der Waals surface area contributed by atoms with E-state index in [1.54, 1.807) is 0 Å². The van der Waals surface area contributed by atoms with Crippen LogP contribution in [0.2, 0.25) is 0 Å². The first-order valence-corrected chi connectivity index (χ1v) is 20.1. The lowest BCUT2D eigenvalue weighted by Crippen LogP contribution is -2.53. The summed E-state index contributed by atoms with van der Waals surface area (Å²) in [7, 11) is -0.798. The molecule has 0 aromatic heterocycles. The smallest absolute Gasteiger partial charge is 0.0893 e. The van der Waals surface area contributed by atoms with Crippen LogP contribution in [0, 0.1) is 0 Å². The van der Waals surface area contributed by atoms with Crippen LogP contribution in [-0.4, -0.2) is 6.71 Å². The van der Waals surface area contributed by atoms with Gasteiger partial charge in [0, 0.05) is 15.2 Å². The van der Waals surface area contributed by atoms with Crippen molar-refractivity contribution in [3.8, 4) is 0 Å². The van der Waals surface area contributed by atoms with Crippen molar-refractivity contribution in [1.82, 2.24) is 0 Å². The standard InChI is InChI=1S/C47H48BPS/c1-45(2,3)33-31-39-43(40(32-33)48(34-21-13-9-14-22-34)35-23-15-10-16-24-35)50-44-41(30-29-38(46(4,5)6)42(44)47(39,7)8)49(36-25-17-11-18-26-36)37-27-19-12-20-28-37/h9-32H,1-8H3. The molecule has 250 valence electrons. The fourth-order valence-corrected chi connectivity index (χ4v) is 11.9. The molecule has 7 rings (SSSR count). The second-order valence-corrected chi connectivity index (χ2v) is 19.5. The average Bonchev–Trinajstić information content (AvgIpc) is 3.10. The predicted octanol–water partition coefficient (Wildman–Crippen LogP) is 9.35. The molecule has 6 aromatic carbocycles. The number of fused-ring (bicyclic) bond motifs is 2. The van der Waals surface area contributed by atoms with Crippen LogP contribution in [0.1, 0.15) is 77.6 Å². The van der Waals surface area contributed by atoms with Crippen molar-refractivity contribution in [1.29, 1.82) is 0 Å². The van der Waals surface area contributed by atoms with Gasteiger partial charge in [0.1, 0.15) is 0 Å². The van der Waals surface area contributed by atoms with Gasteiger partial charge in [0.05, 0.1) is 0 Å². The molecule has 50 heavy (non-hydrogen) atoms. The molecule has 0 bridgehead atoms. The maximum atomic E-state index is 2.55. The van der Waals surface area contributed by atoms with E-state index in [9.17, 15) is 0 Å². The van der Waals surface area contributed by atoms with Crippen LogP contribution in [0.25, 0.3) is 0 Å². The van der Waals surface area contributed by atoms with Crippen molar-refractivity contribution in [2.45, 2.75) is 81.4 Å². The van der Waals surface area contributed by atoms with Crippen LogP contribution in [0.5, 0.6) is 0 Å². The van der Waals surface area contributed by atoms with E-state index in [0.717, 1.165) is 0 Å². The van der Waals surface area contributed by atoms with Crippen LogP contribution in [0.3, 0.4) is 0 Å². The highest BCUT2D eigenvalue weighted by Crippen LogP contribution is 2.54. The van der Waals surface area contributed by atoms with Crippen molar-refractivity contribution in [3.63, 3.8) is 0 Å². The van der Waals surface area contributed by atoms with Gasteiger partial charge in [0.25, 0.3) is 0 Å². The molecule has 0 amide bonds. The lowest BCUT2D eigenvalue weighted by atomic mass is 9.36. The van der Waals surface area contributed by atoms with Crippen molar-refractivity contribution < 1.29 is 0 Å². The molecule has 0 atom stereocenters. The zero-order valence-corrected chi connectivity index (χ0v) is 32.5. The van der Waals surface area contributed by atoms with E-state index >= 15 is 0 Å². The fourth-order valence-electron chi connectivity index (χ4n) is 7.63. The molecule has 0 saturated carbocycles. The van der Waals surface area contributed by atoms with E-state index in [-0.39, 0.29) is 23.0 Å². The maximum absolute atomic E-state index is 2.55. The summed E-state index contributed by atoms with van der Waals surface area (Å²) in [5, 5.41) is 4.22. The molecule has 6 aromatic rings. The lowest BCUT2D eigenvalue weighted by molar-refractivity contribution is 0.532. The molecule has 1 aliphatic heterocycles. The van der Waals surface area contributed by atoms with E-state index in [4.69, 9.17) is 0 Å². The molecule has 0 fully saturated rings. The Bertz CT molecular complexity index is 2030. The third kappa shape index (κ3) is 6.43. The summed E-state index contributed by atoms with van der Waals surface area (Å²) in [5.41, 5.74) is 9.60. The third-order valence-electron chi connectivity index (χ3n) is 10.3. The van der Waals surface area contributed by atoms with Crippen LogP contribution in [0.15, 0.2) is 155 Å². The second kappa shape index (κ2) is 13.4. The lowest BCUT2D eigenvalue weighted by Gasteiger charge is -2.43. The fraction of sp³-hybridized carbons (Fsp3) is 0.234. The molecular weight excluding hydrogens is 638 g/mol. The predicted molar refractivity (Wildman–Crippen MR) is 223 cm³/mol. The van der Waals surface area contributed by atoms with Gasteiger partial charge in [-0.05, 0) is 56.9 Å². The first-order valence-electron chi connectivity index (χ1n) is 17.9. The van der Waals surface area contributed by atoms with Crippen molar-refractivity contribution in [2.75, 3.05) is 0 Å². The summed E-state index contributed by atoms with van der Waals surface area (Å²) in [6, 6.07) is 54.7. The summed E-state index contributed by atoms with van der Waals surface area (Å²) >= 11 is 2.04. The van der Waals surface area contributed by atoms with Crippen LogP contribution in [0.4, 0.5) is 0 Å². The molecule has 1 aliphatic rings. The van der Waals surface area contributed by atoms with Crippen LogP contribution < -0.4 is 32.3 Å². The van der Waals surface area contributed by atoms with Gasteiger partial charge in [-0.25, -0.2) is 0 Å². The first-order chi connectivity index (χ1) is 23.9. The van der Waals surface area contributed by atoms with Gasteiger partial charge in [-0.1, -0.05) is 229 Å². The Morgan fingerprint density at radius 3 is 1.48 bits per heavy atom. The number of rotatable bonds is 6. The van der Waals surface area contributed by atoms with E-state index in [1.807, 2.05) is 11.8 Å². The quantitative estimate of drug-likeness (QED) is 0.124. The van der Waals surface area contributed by atoms with Gasteiger partial charge in [-0.3, -0.25) is 0 Å². The highest BCUT2D eigenvalue weighted by atomic mass is 32.2. The molecule has 1 heterocycles. The molecule has 0 N–H and O–H groups in total. The van der Waals surface area contributed by atoms with Crippen LogP contribution >= 0.6 is 19.7 Å². The van der Waals surface area contributed by atoms with Crippen molar-refractivity contribution >= 4 is 58.7 Å². The highest BCUT2D eigenvalue weighted by molar-refractivity contribution is 8.00. The summed E-state index contributed by atoms with van der Waals surface area (Å²) < 4.78 is 0. The van der Waals surface area contributed by atoms with E-state index in [1.165, 1.54) is 64.3 Å². The molecule has 0 spiro atoms. The Balaban J connectivity index is 1.58. The highest BCUT2D eigenvalue weighted by Gasteiger charge is 2.42. The SMILES string of the molecule is CC(C)(C)c1cc(B(c2ccccc2)c2ccccc2)c2c(c1)C(C)(C)c1c(C(C)(C)C)ccc(P(c3ccccc3)c3ccccc3)c1S2. The Labute approximate surface area is 306 Å². The summed E-state index contributed by atoms with van der Waals surface area (Å²) in [6.07, 6.45) is 0. The Kier molecular flexibility index (Phi) is 9.26. The number of hydrogen-bond acceptors (Lipinski definition) is 1. The zero-order valence-electron chi connectivity index (χ0n) is 30.8. The molecule has 0 saturated heterocycles. The van der Waals surface area contributed by atoms with Gasteiger partial charge >= 0.3 is 0 Å². The minimum absolute atomic E-state index is 0.00756. The van der Waals surface area contributed by atoms with E-state index < -0.39 is 7.92 Å². The Hall–Kier alpha value is -3.84. The number of hydrogen-bond donors (Lipinski definition) is 0. The first kappa shape index (κ1) is 34.6. The minimum atomic E-state index is -0.798. The van der Waals surface area contributed by atoms with Crippen molar-refractivity contribution in [2.24, 2.45) is 0 Å². The van der Waals surface area contributed by atoms with Gasteiger partial charge in [0.15, 0.2) is 0 Å². The maximum Gasteiger partial charge on any atom is 0.242 e. The average molecular weight is 687 g/mol. The molecule has 3 heteroatoms. The van der Waals surface area contributed by atoms with E-state index in [0.29, 0.717) is 0 Å². The minimum Gasteiger partial charge on any atom is -0.0893 e. The van der Waals surface area contributed by atoms with Crippen molar-refractivity contribution in [3.05, 3.63) is 168 Å². The molecular formula is C47H48BPS. The Morgan fingerprint density at radius 2 is 1.02 bits per heavy atom. The third-order valence-corrected chi connectivity index (χ3v) is 14.2. The van der Waals surface area contributed by atoms with E-state index in [2.05, 4.69) is 201 Å². The molecule has 0 radical (unpaired) electrons. The van der Waals surface area contributed by atoms with Gasteiger partial charge in [-0.15, -0.1) is 0 Å². The molecule has 0 unspecified atom stereocenters. The molecule has 0 nitrogen and oxygen atoms in total. The summed E-state index contributed by atoms with van der Waals surface area (Å²) in [5.74, 6) is 0. The van der Waals surface area contributed by atoms with Gasteiger partial charge in [0.2, 0.25) is 6.71 Å². The van der Waals surface area contributed by atoms with Crippen LogP contribution in [-0.2, 0) is 16.2 Å².